The molecule has 0 radical (unpaired) electrons. The molecule has 1 saturated heterocycles. The minimum Gasteiger partial charge on any atom is -0.459 e. The Hall–Kier alpha value is -3.90. The lowest BCUT2D eigenvalue weighted by atomic mass is 9.79. The number of furan rings is 1. The van der Waals surface area contributed by atoms with Crippen molar-refractivity contribution in [3.63, 3.8) is 0 Å². The van der Waals surface area contributed by atoms with E-state index in [1.54, 1.807) is 0 Å². The number of nitrogens with one attached hydrogen (secondary N) is 2. The van der Waals surface area contributed by atoms with E-state index >= 15 is 0 Å². The molecular weight excluding hydrogens is 495 g/mol. The maximum absolute atomic E-state index is 14.0. The van der Waals surface area contributed by atoms with Crippen molar-refractivity contribution in [3.05, 3.63) is 87.1 Å². The lowest BCUT2D eigenvalue weighted by Crippen LogP contribution is -2.72. The molecule has 1 aromatic heterocycles. The van der Waals surface area contributed by atoms with E-state index in [-0.39, 0.29) is 33.4 Å². The first-order chi connectivity index (χ1) is 16.4. The molecule has 0 aliphatic carbocycles. The molecule has 0 bridgehead atoms. The second-order valence-electron chi connectivity index (χ2n) is 7.70. The molecule has 13 heteroatoms. The summed E-state index contributed by atoms with van der Waals surface area (Å²) in [5, 5.41) is 25.5. The summed E-state index contributed by atoms with van der Waals surface area (Å²) in [4.78, 5) is 35.8. The number of benzene rings is 2. The van der Waals surface area contributed by atoms with Crippen LogP contribution in [-0.2, 0) is 0 Å². The Kier molecular flexibility index (Phi) is 6.03. The van der Waals surface area contributed by atoms with Gasteiger partial charge < -0.3 is 20.2 Å². The number of ketones is 1. The number of Topliss-reactive ketones (excluding diaryl/α,β-unsaturated/α-hetero) is 1. The number of nitrogens with zero attached hydrogens (tertiary/aromatic N) is 1. The van der Waals surface area contributed by atoms with E-state index in [2.05, 4.69) is 5.32 Å². The van der Waals surface area contributed by atoms with Crippen molar-refractivity contribution in [2.24, 2.45) is 5.92 Å². The highest BCUT2D eigenvalue weighted by Crippen LogP contribution is 2.44. The van der Waals surface area contributed by atoms with E-state index in [1.165, 1.54) is 66.0 Å². The number of hydrogen-bond donors (Lipinski definition) is 3. The molecule has 1 aliphatic heterocycles. The Balaban J connectivity index is 1.80. The van der Waals surface area contributed by atoms with E-state index < -0.39 is 40.6 Å². The maximum Gasteiger partial charge on any atom is 0.437 e. The second kappa shape index (κ2) is 8.71. The molecule has 3 aromatic rings. The highest BCUT2D eigenvalue weighted by atomic mass is 35.5. The highest BCUT2D eigenvalue weighted by molar-refractivity contribution is 6.30. The third-order valence-corrected chi connectivity index (χ3v) is 5.74. The van der Waals surface area contributed by atoms with E-state index in [4.69, 9.17) is 16.0 Å². The Bertz CT molecular complexity index is 1310. The summed E-state index contributed by atoms with van der Waals surface area (Å²) in [5.41, 5.74) is -4.15. The van der Waals surface area contributed by atoms with Gasteiger partial charge >= 0.3 is 12.2 Å². The summed E-state index contributed by atoms with van der Waals surface area (Å²) in [5.74, 6) is -3.70. The molecule has 0 saturated carbocycles. The quantitative estimate of drug-likeness (QED) is 0.261. The fourth-order valence-electron chi connectivity index (χ4n) is 3.82. The first-order valence-electron chi connectivity index (χ1n) is 9.93. The van der Waals surface area contributed by atoms with Crippen LogP contribution in [-0.4, -0.2) is 33.7 Å². The molecule has 2 aromatic carbocycles. The molecule has 0 unspecified atom stereocenters. The molecule has 1 fully saturated rings. The number of aliphatic hydroxyl groups is 1. The van der Waals surface area contributed by atoms with Crippen molar-refractivity contribution >= 4 is 29.1 Å². The molecule has 182 valence electrons. The Morgan fingerprint density at radius 3 is 2.46 bits per heavy atom. The van der Waals surface area contributed by atoms with Gasteiger partial charge in [-0.05, 0) is 36.4 Å². The zero-order chi connectivity index (χ0) is 25.5. The molecule has 9 nitrogen and oxygen atoms in total. The number of rotatable bonds is 5. The van der Waals surface area contributed by atoms with Gasteiger partial charge in [0.15, 0.2) is 5.78 Å². The fraction of sp³-hybridized carbons (Fsp3) is 0.182. The summed E-state index contributed by atoms with van der Waals surface area (Å²) in [6.07, 6.45) is -5.44. The van der Waals surface area contributed by atoms with Crippen LogP contribution in [0.25, 0.3) is 11.3 Å². The number of urea groups is 1. The van der Waals surface area contributed by atoms with Crippen LogP contribution in [0.1, 0.15) is 22.2 Å². The Morgan fingerprint density at radius 2 is 1.83 bits per heavy atom. The van der Waals surface area contributed by atoms with Gasteiger partial charge in [-0.2, -0.15) is 13.2 Å². The topological polar surface area (TPSA) is 135 Å². The number of nitro groups is 1. The van der Waals surface area contributed by atoms with Gasteiger partial charge in [-0.15, -0.1) is 0 Å². The lowest BCUT2D eigenvalue weighted by molar-refractivity contribution is -0.384. The standard InChI is InChI=1S/C22H15ClF3N3O6/c23-13-6-4-11(5-7-13)19(30)17-18(27-20(31)28-21(17,32)22(24,25)26)16-9-8-15(35-16)12-2-1-3-14(10-12)29(33)34/h1-10,17-18,32H,(H2,27,28,31)/t17-,18+,21-/m0/s1. The zero-order valence-corrected chi connectivity index (χ0v) is 18.1. The van der Waals surface area contributed by atoms with E-state index in [0.717, 1.165) is 0 Å². The van der Waals surface area contributed by atoms with Crippen molar-refractivity contribution < 1.29 is 37.2 Å². The van der Waals surface area contributed by atoms with Gasteiger partial charge in [-0.3, -0.25) is 14.9 Å². The number of non-ortho nitro benzene ring substituents is 1. The van der Waals surface area contributed by atoms with Crippen LogP contribution in [0.3, 0.4) is 0 Å². The highest BCUT2D eigenvalue weighted by Gasteiger charge is 2.66. The van der Waals surface area contributed by atoms with Crippen molar-refractivity contribution in [2.45, 2.75) is 17.9 Å². The van der Waals surface area contributed by atoms with Crippen LogP contribution >= 0.6 is 11.6 Å². The van der Waals surface area contributed by atoms with Crippen LogP contribution < -0.4 is 10.6 Å². The van der Waals surface area contributed by atoms with Crippen molar-refractivity contribution in [3.8, 4) is 11.3 Å². The predicted molar refractivity (Wildman–Crippen MR) is 115 cm³/mol. The number of alkyl halides is 3. The van der Waals surface area contributed by atoms with Crippen molar-refractivity contribution in [1.29, 1.82) is 0 Å². The summed E-state index contributed by atoms with van der Waals surface area (Å²) in [7, 11) is 0. The Labute approximate surface area is 199 Å². The largest absolute Gasteiger partial charge is 0.459 e. The minimum absolute atomic E-state index is 0.0322. The van der Waals surface area contributed by atoms with Gasteiger partial charge in [0, 0.05) is 28.3 Å². The molecular formula is C22H15ClF3N3O6. The number of halogens is 4. The SMILES string of the molecule is O=C1N[C@H](c2ccc(-c3cccc([N+](=O)[O-])c3)o2)[C@@H](C(=O)c2ccc(Cl)cc2)[C@](O)(C(F)(F)F)N1. The average molecular weight is 510 g/mol. The zero-order valence-electron chi connectivity index (χ0n) is 17.4. The molecule has 3 atom stereocenters. The Morgan fingerprint density at radius 1 is 1.14 bits per heavy atom. The van der Waals surface area contributed by atoms with Crippen molar-refractivity contribution in [2.75, 3.05) is 0 Å². The van der Waals surface area contributed by atoms with Crippen LogP contribution in [0.5, 0.6) is 0 Å². The number of hydrogen-bond acceptors (Lipinski definition) is 6. The molecule has 0 spiro atoms. The fourth-order valence-corrected chi connectivity index (χ4v) is 3.94. The molecule has 4 rings (SSSR count). The third-order valence-electron chi connectivity index (χ3n) is 5.49. The average Bonchev–Trinajstić information content (AvgIpc) is 3.28. The van der Waals surface area contributed by atoms with E-state index in [0.29, 0.717) is 0 Å². The van der Waals surface area contributed by atoms with Gasteiger partial charge in [0.25, 0.3) is 5.69 Å². The summed E-state index contributed by atoms with van der Waals surface area (Å²) < 4.78 is 47.6. The minimum atomic E-state index is -5.44. The van der Waals surface area contributed by atoms with Crippen LogP contribution in [0.2, 0.25) is 5.02 Å². The maximum atomic E-state index is 14.0. The second-order valence-corrected chi connectivity index (χ2v) is 8.13. The molecule has 2 heterocycles. The van der Waals surface area contributed by atoms with E-state index in [1.807, 2.05) is 0 Å². The lowest BCUT2D eigenvalue weighted by Gasteiger charge is -2.44. The first-order valence-corrected chi connectivity index (χ1v) is 10.3. The van der Waals surface area contributed by atoms with Gasteiger partial charge in [0.1, 0.15) is 23.5 Å². The molecule has 2 amide bonds. The monoisotopic (exact) mass is 509 g/mol. The summed E-state index contributed by atoms with van der Waals surface area (Å²) in [6.45, 7) is 0. The third kappa shape index (κ3) is 4.45. The van der Waals surface area contributed by atoms with Crippen LogP contribution in [0.15, 0.2) is 65.1 Å². The molecule has 1 aliphatic rings. The van der Waals surface area contributed by atoms with Crippen LogP contribution in [0.4, 0.5) is 23.7 Å². The number of carbonyl (C=O) groups excluding carboxylic acids is 2. The normalized spacial score (nSPS) is 22.3. The summed E-state index contributed by atoms with van der Waals surface area (Å²) in [6, 6.07) is 9.64. The summed E-state index contributed by atoms with van der Waals surface area (Å²) >= 11 is 5.80. The molecule has 35 heavy (non-hydrogen) atoms. The number of nitro benzene ring substituents is 1. The predicted octanol–water partition coefficient (Wildman–Crippen LogP) is 4.61. The van der Waals surface area contributed by atoms with Crippen molar-refractivity contribution in [1.82, 2.24) is 10.6 Å². The van der Waals surface area contributed by atoms with Gasteiger partial charge in [-0.25, -0.2) is 4.79 Å². The van der Waals surface area contributed by atoms with Crippen LogP contribution in [0, 0.1) is 16.0 Å². The van der Waals surface area contributed by atoms with Gasteiger partial charge in [0.05, 0.1) is 4.92 Å². The van der Waals surface area contributed by atoms with Gasteiger partial charge in [0.2, 0.25) is 5.72 Å². The smallest absolute Gasteiger partial charge is 0.437 e. The molecule has 3 N–H and O–H groups in total. The first kappa shape index (κ1) is 24.2. The van der Waals surface area contributed by atoms with E-state index in [9.17, 15) is 38.0 Å². The van der Waals surface area contributed by atoms with Gasteiger partial charge in [-0.1, -0.05) is 23.7 Å². The number of carbonyl (C=O) groups is 2. The number of amides is 2.